The van der Waals surface area contributed by atoms with Crippen molar-refractivity contribution in [3.05, 3.63) is 38.9 Å². The van der Waals surface area contributed by atoms with Gasteiger partial charge in [0.25, 0.3) is 5.69 Å². The third-order valence-corrected chi connectivity index (χ3v) is 3.07. The van der Waals surface area contributed by atoms with Crippen molar-refractivity contribution in [3.63, 3.8) is 0 Å². The fraction of sp³-hybridized carbons (Fsp3) is 0.455. The zero-order valence-electron chi connectivity index (χ0n) is 9.76. The second-order valence-electron chi connectivity index (χ2n) is 3.94. The Morgan fingerprint density at radius 2 is 2.24 bits per heavy atom. The molecular weight excluding hydrogens is 244 g/mol. The van der Waals surface area contributed by atoms with Gasteiger partial charge in [-0.3, -0.25) is 15.0 Å². The number of aliphatic hydroxyl groups is 1. The maximum atomic E-state index is 10.9. The molecule has 1 aromatic carbocycles. The lowest BCUT2D eigenvalue weighted by Crippen LogP contribution is -2.31. The van der Waals surface area contributed by atoms with Crippen LogP contribution in [0.15, 0.2) is 18.2 Å². The van der Waals surface area contributed by atoms with Crippen molar-refractivity contribution in [1.29, 1.82) is 0 Å². The molecule has 1 rings (SSSR count). The predicted octanol–water partition coefficient (Wildman–Crippen LogP) is 2.06. The molecule has 0 aromatic heterocycles. The number of halogens is 1. The van der Waals surface area contributed by atoms with E-state index in [9.17, 15) is 10.1 Å². The Hall–Kier alpha value is -1.17. The van der Waals surface area contributed by atoms with Crippen molar-refractivity contribution in [2.75, 3.05) is 13.7 Å². The van der Waals surface area contributed by atoms with Crippen molar-refractivity contribution >= 4 is 17.3 Å². The van der Waals surface area contributed by atoms with Gasteiger partial charge in [0.05, 0.1) is 22.1 Å². The fourth-order valence-electron chi connectivity index (χ4n) is 1.42. The molecule has 94 valence electrons. The lowest BCUT2D eigenvalue weighted by molar-refractivity contribution is -0.385. The summed E-state index contributed by atoms with van der Waals surface area (Å²) in [5, 5.41) is 20.3. The minimum Gasteiger partial charge on any atom is -0.395 e. The number of nitro groups is 1. The van der Waals surface area contributed by atoms with E-state index in [1.165, 1.54) is 6.07 Å². The summed E-state index contributed by atoms with van der Waals surface area (Å²) in [6.45, 7) is 2.16. The Labute approximate surface area is 105 Å². The summed E-state index contributed by atoms with van der Waals surface area (Å²) in [4.78, 5) is 12.2. The highest BCUT2D eigenvalue weighted by Crippen LogP contribution is 2.27. The normalized spacial score (nSPS) is 12.8. The van der Waals surface area contributed by atoms with Gasteiger partial charge in [-0.25, -0.2) is 0 Å². The fourth-order valence-corrected chi connectivity index (χ4v) is 1.65. The summed E-state index contributed by atoms with van der Waals surface area (Å²) in [6, 6.07) is 4.53. The van der Waals surface area contributed by atoms with E-state index in [1.807, 2.05) is 11.8 Å². The maximum Gasteiger partial charge on any atom is 0.275 e. The molecule has 0 radical (unpaired) electrons. The molecule has 0 aliphatic carbocycles. The van der Waals surface area contributed by atoms with Crippen LogP contribution in [-0.2, 0) is 6.54 Å². The third kappa shape index (κ3) is 3.39. The van der Waals surface area contributed by atoms with Gasteiger partial charge in [0, 0.05) is 18.7 Å². The van der Waals surface area contributed by atoms with Crippen LogP contribution in [0.3, 0.4) is 0 Å². The topological polar surface area (TPSA) is 66.6 Å². The van der Waals surface area contributed by atoms with Crippen LogP contribution in [0.4, 0.5) is 5.69 Å². The van der Waals surface area contributed by atoms with Gasteiger partial charge in [-0.05, 0) is 20.0 Å². The molecule has 1 unspecified atom stereocenters. The van der Waals surface area contributed by atoms with Crippen molar-refractivity contribution in [3.8, 4) is 0 Å². The average Bonchev–Trinajstić information content (AvgIpc) is 2.30. The van der Waals surface area contributed by atoms with Crippen LogP contribution in [0.1, 0.15) is 12.5 Å². The van der Waals surface area contributed by atoms with E-state index in [4.69, 9.17) is 16.7 Å². The SMILES string of the molecule is CC(CO)N(C)Cc1c(Cl)cccc1[N+](=O)[O-]. The molecule has 0 fully saturated rings. The number of nitrogens with zero attached hydrogens (tertiary/aromatic N) is 2. The Morgan fingerprint density at radius 3 is 2.76 bits per heavy atom. The Kier molecular flexibility index (Phi) is 4.86. The molecule has 5 nitrogen and oxygen atoms in total. The minimum absolute atomic E-state index is 0.00521. The molecule has 0 bridgehead atoms. The van der Waals surface area contributed by atoms with E-state index >= 15 is 0 Å². The molecule has 0 heterocycles. The van der Waals surface area contributed by atoms with Gasteiger partial charge in [-0.15, -0.1) is 0 Å². The first kappa shape index (κ1) is 13.9. The summed E-state index contributed by atoms with van der Waals surface area (Å²) >= 11 is 5.97. The van der Waals surface area contributed by atoms with Crippen LogP contribution < -0.4 is 0 Å². The van der Waals surface area contributed by atoms with Gasteiger partial charge in [-0.1, -0.05) is 17.7 Å². The molecule has 0 aliphatic rings. The van der Waals surface area contributed by atoms with Crippen LogP contribution in [0.2, 0.25) is 5.02 Å². The first-order valence-corrected chi connectivity index (χ1v) is 5.58. The van der Waals surface area contributed by atoms with Crippen molar-refractivity contribution in [1.82, 2.24) is 4.90 Å². The van der Waals surface area contributed by atoms with E-state index in [0.29, 0.717) is 17.1 Å². The summed E-state index contributed by atoms with van der Waals surface area (Å²) in [5.74, 6) is 0. The minimum atomic E-state index is -0.446. The highest BCUT2D eigenvalue weighted by molar-refractivity contribution is 6.31. The van der Waals surface area contributed by atoms with Crippen LogP contribution in [0.5, 0.6) is 0 Å². The molecule has 1 aromatic rings. The standard InChI is InChI=1S/C11H15ClN2O3/c1-8(7-15)13(2)6-9-10(12)4-3-5-11(9)14(16)17/h3-5,8,15H,6-7H2,1-2H3. The smallest absolute Gasteiger partial charge is 0.275 e. The van der Waals surface area contributed by atoms with E-state index in [-0.39, 0.29) is 18.3 Å². The summed E-state index contributed by atoms with van der Waals surface area (Å²) < 4.78 is 0. The van der Waals surface area contributed by atoms with Gasteiger partial charge in [0.15, 0.2) is 0 Å². The first-order valence-electron chi connectivity index (χ1n) is 5.20. The summed E-state index contributed by atoms with van der Waals surface area (Å²) in [5.41, 5.74) is 0.483. The highest BCUT2D eigenvalue weighted by Gasteiger charge is 2.19. The molecule has 0 aliphatic heterocycles. The summed E-state index contributed by atoms with van der Waals surface area (Å²) in [6.07, 6.45) is 0. The van der Waals surface area contributed by atoms with Crippen LogP contribution >= 0.6 is 11.6 Å². The zero-order chi connectivity index (χ0) is 13.0. The molecule has 1 atom stereocenters. The monoisotopic (exact) mass is 258 g/mol. The van der Waals surface area contributed by atoms with Crippen LogP contribution in [0, 0.1) is 10.1 Å². The van der Waals surface area contributed by atoms with E-state index in [0.717, 1.165) is 0 Å². The number of aliphatic hydroxyl groups excluding tert-OH is 1. The average molecular weight is 259 g/mol. The number of nitro benzene ring substituents is 1. The number of benzene rings is 1. The van der Waals surface area contributed by atoms with Gasteiger partial charge >= 0.3 is 0 Å². The third-order valence-electron chi connectivity index (χ3n) is 2.72. The van der Waals surface area contributed by atoms with Crippen molar-refractivity contribution in [2.24, 2.45) is 0 Å². The number of hydrogen-bond acceptors (Lipinski definition) is 4. The number of hydrogen-bond donors (Lipinski definition) is 1. The van der Waals surface area contributed by atoms with Crippen LogP contribution in [0.25, 0.3) is 0 Å². The second-order valence-corrected chi connectivity index (χ2v) is 4.35. The molecule has 6 heteroatoms. The molecule has 0 spiro atoms. The molecule has 0 saturated heterocycles. The highest BCUT2D eigenvalue weighted by atomic mass is 35.5. The van der Waals surface area contributed by atoms with Crippen LogP contribution in [-0.4, -0.2) is 34.6 Å². The number of likely N-dealkylation sites (N-methyl/N-ethyl adjacent to an activating group) is 1. The zero-order valence-corrected chi connectivity index (χ0v) is 10.5. The predicted molar refractivity (Wildman–Crippen MR) is 66.1 cm³/mol. The second kappa shape index (κ2) is 5.95. The first-order chi connectivity index (χ1) is 7.97. The Balaban J connectivity index is 3.00. The van der Waals surface area contributed by atoms with Crippen molar-refractivity contribution < 1.29 is 10.0 Å². The van der Waals surface area contributed by atoms with Crippen molar-refractivity contribution in [2.45, 2.75) is 19.5 Å². The van der Waals surface area contributed by atoms with Gasteiger partial charge < -0.3 is 5.11 Å². The quantitative estimate of drug-likeness (QED) is 0.648. The number of rotatable bonds is 5. The largest absolute Gasteiger partial charge is 0.395 e. The lowest BCUT2D eigenvalue weighted by atomic mass is 10.1. The van der Waals surface area contributed by atoms with E-state index < -0.39 is 4.92 Å². The van der Waals surface area contributed by atoms with E-state index in [1.54, 1.807) is 19.2 Å². The summed E-state index contributed by atoms with van der Waals surface area (Å²) in [7, 11) is 1.79. The molecule has 17 heavy (non-hydrogen) atoms. The molecular formula is C11H15ClN2O3. The van der Waals surface area contributed by atoms with E-state index in [2.05, 4.69) is 0 Å². The maximum absolute atomic E-state index is 10.9. The Bertz CT molecular complexity index is 412. The van der Waals surface area contributed by atoms with Gasteiger partial charge in [0.2, 0.25) is 0 Å². The Morgan fingerprint density at radius 1 is 1.59 bits per heavy atom. The van der Waals surface area contributed by atoms with Gasteiger partial charge in [-0.2, -0.15) is 0 Å². The lowest BCUT2D eigenvalue weighted by Gasteiger charge is -2.23. The molecule has 0 saturated carbocycles. The molecule has 1 N–H and O–H groups in total. The van der Waals surface area contributed by atoms with Gasteiger partial charge in [0.1, 0.15) is 0 Å². The molecule has 0 amide bonds.